The van der Waals surface area contributed by atoms with Crippen molar-refractivity contribution in [1.82, 2.24) is 9.55 Å². The molecule has 0 bridgehead atoms. The minimum atomic E-state index is -0.152. The third-order valence-corrected chi connectivity index (χ3v) is 3.27. The lowest BCUT2D eigenvalue weighted by Crippen LogP contribution is -2.04. The molecule has 2 aromatic heterocycles. The third-order valence-electron chi connectivity index (χ3n) is 2.47. The van der Waals surface area contributed by atoms with Crippen LogP contribution in [0.2, 0.25) is 0 Å². The summed E-state index contributed by atoms with van der Waals surface area (Å²) in [6, 6.07) is 2.08. The third kappa shape index (κ3) is 1.42. The van der Waals surface area contributed by atoms with Gasteiger partial charge < -0.3 is 0 Å². The molecule has 0 aliphatic rings. The van der Waals surface area contributed by atoms with Crippen molar-refractivity contribution < 1.29 is 4.79 Å². The Morgan fingerprint density at radius 3 is 2.88 bits per heavy atom. The van der Waals surface area contributed by atoms with Gasteiger partial charge in [0.15, 0.2) is 0 Å². The topological polar surface area (TPSA) is 58.7 Å². The first-order chi connectivity index (χ1) is 7.56. The minimum absolute atomic E-state index is 0.152. The highest BCUT2D eigenvalue weighted by molar-refractivity contribution is 9.10. The quantitative estimate of drug-likeness (QED) is 0.744. The molecular weight excluding hydrogens is 270 g/mol. The van der Waals surface area contributed by atoms with E-state index in [0.29, 0.717) is 11.2 Å². The number of fused-ring (bicyclic) bond motifs is 1. The molecule has 80 valence electrons. The predicted molar refractivity (Wildman–Crippen MR) is 63.2 cm³/mol. The van der Waals surface area contributed by atoms with E-state index in [-0.39, 0.29) is 5.91 Å². The lowest BCUT2D eigenvalue weighted by atomic mass is 10.1. The van der Waals surface area contributed by atoms with Crippen molar-refractivity contribution in [2.75, 3.05) is 0 Å². The van der Waals surface area contributed by atoms with Crippen LogP contribution < -0.4 is 0 Å². The summed E-state index contributed by atoms with van der Waals surface area (Å²) in [5, 5.41) is 9.76. The molecule has 4 nitrogen and oxygen atoms in total. The molecule has 0 spiro atoms. The monoisotopic (exact) mass is 277 g/mol. The summed E-state index contributed by atoms with van der Waals surface area (Å²) in [6.07, 6.45) is 3.16. The van der Waals surface area contributed by atoms with Gasteiger partial charge in [0, 0.05) is 29.2 Å². The summed E-state index contributed by atoms with van der Waals surface area (Å²) in [6.45, 7) is 3.33. The van der Waals surface area contributed by atoms with Gasteiger partial charge in [-0.25, -0.2) is 4.98 Å². The Bertz CT molecular complexity index is 637. The largest absolute Gasteiger partial charge is 0.274 e. The highest BCUT2D eigenvalue weighted by Crippen LogP contribution is 2.27. The molecule has 2 heterocycles. The Morgan fingerprint density at radius 1 is 1.62 bits per heavy atom. The number of nitriles is 1. The molecule has 0 unspecified atom stereocenters. The molecule has 0 saturated heterocycles. The smallest absolute Gasteiger partial charge is 0.229 e. The molecule has 0 aliphatic heterocycles. The molecule has 0 radical (unpaired) electrons. The van der Waals surface area contributed by atoms with Crippen LogP contribution in [-0.2, 0) is 0 Å². The van der Waals surface area contributed by atoms with Crippen LogP contribution in [0.15, 0.2) is 16.9 Å². The van der Waals surface area contributed by atoms with Gasteiger partial charge in [0.2, 0.25) is 5.91 Å². The van der Waals surface area contributed by atoms with E-state index < -0.39 is 0 Å². The van der Waals surface area contributed by atoms with Crippen molar-refractivity contribution in [1.29, 1.82) is 5.26 Å². The molecule has 0 amide bonds. The summed E-state index contributed by atoms with van der Waals surface area (Å²) in [4.78, 5) is 15.6. The van der Waals surface area contributed by atoms with Gasteiger partial charge in [-0.2, -0.15) is 5.26 Å². The maximum Gasteiger partial charge on any atom is 0.229 e. The SMILES string of the molecule is CC(=O)n1cc(C#N)c2c(C)c(Br)cnc21. The van der Waals surface area contributed by atoms with E-state index in [1.165, 1.54) is 17.7 Å². The number of aryl methyl sites for hydroxylation is 1. The molecule has 0 aromatic carbocycles. The maximum absolute atomic E-state index is 11.4. The summed E-state index contributed by atoms with van der Waals surface area (Å²) in [7, 11) is 0. The lowest BCUT2D eigenvalue weighted by Gasteiger charge is -2.01. The van der Waals surface area contributed by atoms with Crippen LogP contribution >= 0.6 is 15.9 Å². The van der Waals surface area contributed by atoms with Gasteiger partial charge in [-0.15, -0.1) is 0 Å². The van der Waals surface area contributed by atoms with Crippen LogP contribution in [0.25, 0.3) is 11.0 Å². The highest BCUT2D eigenvalue weighted by Gasteiger charge is 2.15. The number of pyridine rings is 1. The molecule has 2 rings (SSSR count). The molecule has 0 N–H and O–H groups in total. The number of nitrogens with zero attached hydrogens (tertiary/aromatic N) is 3. The zero-order chi connectivity index (χ0) is 11.9. The van der Waals surface area contributed by atoms with Gasteiger partial charge in [-0.05, 0) is 28.4 Å². The fourth-order valence-electron chi connectivity index (χ4n) is 1.65. The molecule has 2 aromatic rings. The van der Waals surface area contributed by atoms with Crippen molar-refractivity contribution in [3.63, 3.8) is 0 Å². The molecule has 5 heteroatoms. The average molecular weight is 278 g/mol. The fraction of sp³-hybridized carbons (Fsp3) is 0.182. The molecule has 0 saturated carbocycles. The number of rotatable bonds is 0. The van der Waals surface area contributed by atoms with E-state index in [0.717, 1.165) is 15.4 Å². The maximum atomic E-state index is 11.4. The van der Waals surface area contributed by atoms with Crippen molar-refractivity contribution in [3.8, 4) is 6.07 Å². The Hall–Kier alpha value is -1.67. The number of halogens is 1. The van der Waals surface area contributed by atoms with Crippen molar-refractivity contribution in [2.45, 2.75) is 13.8 Å². The first kappa shape index (κ1) is 10.8. The second-order valence-electron chi connectivity index (χ2n) is 3.47. The number of carbonyl (C=O) groups is 1. The zero-order valence-corrected chi connectivity index (χ0v) is 10.4. The van der Waals surface area contributed by atoms with E-state index in [4.69, 9.17) is 5.26 Å². The van der Waals surface area contributed by atoms with Crippen LogP contribution in [0.3, 0.4) is 0 Å². The summed E-state index contributed by atoms with van der Waals surface area (Å²) >= 11 is 3.36. The van der Waals surface area contributed by atoms with E-state index >= 15 is 0 Å². The van der Waals surface area contributed by atoms with Gasteiger partial charge in [-0.3, -0.25) is 9.36 Å². The van der Waals surface area contributed by atoms with Gasteiger partial charge in [0.25, 0.3) is 0 Å². The van der Waals surface area contributed by atoms with Gasteiger partial charge in [-0.1, -0.05) is 0 Å². The van der Waals surface area contributed by atoms with E-state index in [1.54, 1.807) is 6.20 Å². The molecule has 0 aliphatic carbocycles. The standard InChI is InChI=1S/C11H8BrN3O/c1-6-9(12)4-14-11-10(6)8(3-13)5-15(11)7(2)16/h4-5H,1-2H3. The van der Waals surface area contributed by atoms with Crippen LogP contribution in [0.5, 0.6) is 0 Å². The average Bonchev–Trinajstić information content (AvgIpc) is 2.62. The van der Waals surface area contributed by atoms with Gasteiger partial charge in [0.05, 0.1) is 5.56 Å². The van der Waals surface area contributed by atoms with Crippen LogP contribution in [0.1, 0.15) is 22.8 Å². The Balaban J connectivity index is 2.97. The predicted octanol–water partition coefficient (Wildman–Crippen LogP) is 2.64. The summed E-state index contributed by atoms with van der Waals surface area (Å²) < 4.78 is 2.23. The number of carbonyl (C=O) groups excluding carboxylic acids is 1. The van der Waals surface area contributed by atoms with Crippen molar-refractivity contribution in [3.05, 3.63) is 28.0 Å². The summed E-state index contributed by atoms with van der Waals surface area (Å²) in [5.41, 5.74) is 1.92. The Morgan fingerprint density at radius 2 is 2.31 bits per heavy atom. The number of hydrogen-bond donors (Lipinski definition) is 0. The first-order valence-electron chi connectivity index (χ1n) is 4.63. The minimum Gasteiger partial charge on any atom is -0.274 e. The molecule has 16 heavy (non-hydrogen) atoms. The van der Waals surface area contributed by atoms with Gasteiger partial charge in [0.1, 0.15) is 11.7 Å². The van der Waals surface area contributed by atoms with Crippen LogP contribution in [0, 0.1) is 18.3 Å². The second-order valence-corrected chi connectivity index (χ2v) is 4.33. The first-order valence-corrected chi connectivity index (χ1v) is 5.42. The van der Waals surface area contributed by atoms with E-state index in [9.17, 15) is 4.79 Å². The molecular formula is C11H8BrN3O. The normalized spacial score (nSPS) is 10.4. The zero-order valence-electron chi connectivity index (χ0n) is 8.78. The Labute approximate surface area is 101 Å². The number of hydrogen-bond acceptors (Lipinski definition) is 3. The molecule has 0 atom stereocenters. The molecule has 0 fully saturated rings. The summed E-state index contributed by atoms with van der Waals surface area (Å²) in [5.74, 6) is -0.152. The highest BCUT2D eigenvalue weighted by atomic mass is 79.9. The second kappa shape index (κ2) is 3.72. The van der Waals surface area contributed by atoms with Gasteiger partial charge >= 0.3 is 0 Å². The number of aromatic nitrogens is 2. The van der Waals surface area contributed by atoms with Crippen molar-refractivity contribution >= 4 is 32.9 Å². The van der Waals surface area contributed by atoms with E-state index in [1.807, 2.05) is 6.92 Å². The lowest BCUT2D eigenvalue weighted by molar-refractivity contribution is 0.0941. The van der Waals surface area contributed by atoms with Crippen LogP contribution in [0.4, 0.5) is 0 Å². The Kier molecular flexibility index (Phi) is 2.52. The van der Waals surface area contributed by atoms with E-state index in [2.05, 4.69) is 27.0 Å². The van der Waals surface area contributed by atoms with Crippen LogP contribution in [-0.4, -0.2) is 15.5 Å². The van der Waals surface area contributed by atoms with Crippen molar-refractivity contribution in [2.24, 2.45) is 0 Å². The fourth-order valence-corrected chi connectivity index (χ4v) is 1.95.